The van der Waals surface area contributed by atoms with Crippen molar-refractivity contribution in [1.29, 1.82) is 0 Å². The lowest BCUT2D eigenvalue weighted by molar-refractivity contribution is -0.139. The van der Waals surface area contributed by atoms with Crippen LogP contribution in [0.1, 0.15) is 58.8 Å². The van der Waals surface area contributed by atoms with Gasteiger partial charge in [0.05, 0.1) is 6.10 Å². The van der Waals surface area contributed by atoms with E-state index >= 15 is 0 Å². The molecule has 4 rings (SSSR count). The fourth-order valence-electron chi connectivity index (χ4n) is 6.16. The first-order chi connectivity index (χ1) is 10.4. The van der Waals surface area contributed by atoms with Crippen molar-refractivity contribution in [1.82, 2.24) is 0 Å². The number of rotatable bonds is 0. The zero-order chi connectivity index (χ0) is 15.7. The molecule has 4 aliphatic carbocycles. The van der Waals surface area contributed by atoms with E-state index in [1.165, 1.54) is 5.57 Å². The lowest BCUT2D eigenvalue weighted by atomic mass is 9.48. The molecule has 0 heterocycles. The number of aliphatic hydroxyl groups excluding tert-OH is 1. The second-order valence-corrected chi connectivity index (χ2v) is 8.54. The molecule has 0 saturated heterocycles. The largest absolute Gasteiger partial charge is 0.393 e. The molecule has 3 nitrogen and oxygen atoms in total. The van der Waals surface area contributed by atoms with Gasteiger partial charge in [-0.15, -0.1) is 0 Å². The van der Waals surface area contributed by atoms with Crippen molar-refractivity contribution in [3.63, 3.8) is 0 Å². The van der Waals surface area contributed by atoms with E-state index in [0.29, 0.717) is 24.5 Å². The first kappa shape index (κ1) is 14.6. The standard InChI is InChI=1S/C19H26O3/c1-18-7-5-12(20)9-11(18)10-15(21)17-13-3-4-16(22)19(13,2)8-6-14(17)18/h10,12-14,17,20H,3-9H2,1-2H3/t12-,13-,14-,17-,18-,19-/m1/s1. The lowest BCUT2D eigenvalue weighted by Crippen LogP contribution is -2.53. The highest BCUT2D eigenvalue weighted by atomic mass is 16.3. The molecule has 4 aliphatic rings. The first-order valence-electron chi connectivity index (χ1n) is 8.82. The number of hydrogen-bond donors (Lipinski definition) is 1. The summed E-state index contributed by atoms with van der Waals surface area (Å²) in [6, 6.07) is 0. The van der Waals surface area contributed by atoms with Crippen LogP contribution in [0.15, 0.2) is 11.6 Å². The summed E-state index contributed by atoms with van der Waals surface area (Å²) in [4.78, 5) is 25.2. The highest BCUT2D eigenvalue weighted by molar-refractivity contribution is 5.96. The van der Waals surface area contributed by atoms with Gasteiger partial charge in [-0.2, -0.15) is 0 Å². The fourth-order valence-corrected chi connectivity index (χ4v) is 6.16. The highest BCUT2D eigenvalue weighted by Gasteiger charge is 2.60. The van der Waals surface area contributed by atoms with E-state index in [2.05, 4.69) is 13.8 Å². The quantitative estimate of drug-likeness (QED) is 0.748. The molecular formula is C19H26O3. The molecule has 0 radical (unpaired) electrons. The molecule has 1 N–H and O–H groups in total. The van der Waals surface area contributed by atoms with E-state index in [-0.39, 0.29) is 34.6 Å². The van der Waals surface area contributed by atoms with Gasteiger partial charge in [-0.25, -0.2) is 0 Å². The number of carbonyl (C=O) groups is 2. The smallest absolute Gasteiger partial charge is 0.159 e. The molecular weight excluding hydrogens is 276 g/mol. The number of Topliss-reactive ketones (excluding diaryl/α,β-unsaturated/α-hetero) is 1. The summed E-state index contributed by atoms with van der Waals surface area (Å²) in [5, 5.41) is 9.97. The Morgan fingerprint density at radius 1 is 1.05 bits per heavy atom. The predicted molar refractivity (Wildman–Crippen MR) is 83.1 cm³/mol. The highest BCUT2D eigenvalue weighted by Crippen LogP contribution is 2.63. The molecule has 6 atom stereocenters. The average molecular weight is 302 g/mol. The zero-order valence-electron chi connectivity index (χ0n) is 13.6. The maximum Gasteiger partial charge on any atom is 0.159 e. The fraction of sp³-hybridized carbons (Fsp3) is 0.789. The minimum atomic E-state index is -0.286. The Morgan fingerprint density at radius 3 is 2.50 bits per heavy atom. The molecule has 3 heteroatoms. The van der Waals surface area contributed by atoms with Crippen molar-refractivity contribution in [2.45, 2.75) is 64.9 Å². The Bertz CT molecular complexity index is 577. The van der Waals surface area contributed by atoms with Crippen LogP contribution >= 0.6 is 0 Å². The number of fused-ring (bicyclic) bond motifs is 5. The van der Waals surface area contributed by atoms with Gasteiger partial charge in [-0.05, 0) is 61.9 Å². The number of carbonyl (C=O) groups excluding carboxylic acids is 2. The van der Waals surface area contributed by atoms with Crippen molar-refractivity contribution in [3.8, 4) is 0 Å². The van der Waals surface area contributed by atoms with Crippen LogP contribution in [-0.2, 0) is 9.59 Å². The topological polar surface area (TPSA) is 54.4 Å². The van der Waals surface area contributed by atoms with Crippen LogP contribution in [0.25, 0.3) is 0 Å². The summed E-state index contributed by atoms with van der Waals surface area (Å²) in [7, 11) is 0. The monoisotopic (exact) mass is 302 g/mol. The SMILES string of the molecule is C[C@@]12CC[C@@H]3[C@H](C(=O)C=C4C[C@H](O)CC[C@]43C)[C@H]1CCC2=O. The van der Waals surface area contributed by atoms with Gasteiger partial charge in [-0.3, -0.25) is 9.59 Å². The Labute approximate surface area is 132 Å². The summed E-state index contributed by atoms with van der Waals surface area (Å²) in [5.74, 6) is 1.26. The molecule has 0 aromatic heterocycles. The van der Waals surface area contributed by atoms with Gasteiger partial charge < -0.3 is 5.11 Å². The summed E-state index contributed by atoms with van der Waals surface area (Å²) >= 11 is 0. The van der Waals surface area contributed by atoms with E-state index in [1.54, 1.807) is 0 Å². The Morgan fingerprint density at radius 2 is 1.73 bits per heavy atom. The summed E-state index contributed by atoms with van der Waals surface area (Å²) in [5.41, 5.74) is 0.975. The molecule has 0 aromatic rings. The summed E-state index contributed by atoms with van der Waals surface area (Å²) in [6.45, 7) is 4.40. The summed E-state index contributed by atoms with van der Waals surface area (Å²) < 4.78 is 0. The van der Waals surface area contributed by atoms with Crippen molar-refractivity contribution in [2.75, 3.05) is 0 Å². The van der Waals surface area contributed by atoms with E-state index < -0.39 is 0 Å². The van der Waals surface area contributed by atoms with Gasteiger partial charge in [-0.1, -0.05) is 19.4 Å². The maximum absolute atomic E-state index is 12.9. The van der Waals surface area contributed by atoms with Crippen LogP contribution in [0.3, 0.4) is 0 Å². The first-order valence-corrected chi connectivity index (χ1v) is 8.82. The van der Waals surface area contributed by atoms with Gasteiger partial charge in [0.2, 0.25) is 0 Å². The molecule has 0 aliphatic heterocycles. The molecule has 0 unspecified atom stereocenters. The molecule has 3 saturated carbocycles. The third-order valence-electron chi connectivity index (χ3n) is 7.63. The van der Waals surface area contributed by atoms with E-state index in [1.807, 2.05) is 6.08 Å². The van der Waals surface area contributed by atoms with Crippen molar-refractivity contribution in [2.24, 2.45) is 28.6 Å². The van der Waals surface area contributed by atoms with E-state index in [0.717, 1.165) is 32.1 Å². The van der Waals surface area contributed by atoms with Crippen molar-refractivity contribution >= 4 is 11.6 Å². The summed E-state index contributed by atoms with van der Waals surface area (Å²) in [6.07, 6.45) is 7.51. The normalized spacial score (nSPS) is 51.0. The third kappa shape index (κ3) is 1.72. The van der Waals surface area contributed by atoms with Crippen molar-refractivity contribution in [3.05, 3.63) is 11.6 Å². The van der Waals surface area contributed by atoms with Crippen LogP contribution < -0.4 is 0 Å². The molecule has 3 fully saturated rings. The van der Waals surface area contributed by atoms with Crippen LogP contribution in [0.4, 0.5) is 0 Å². The van der Waals surface area contributed by atoms with E-state index in [4.69, 9.17) is 0 Å². The van der Waals surface area contributed by atoms with Gasteiger partial charge in [0.25, 0.3) is 0 Å². The Balaban J connectivity index is 1.76. The Hall–Kier alpha value is -0.960. The number of allylic oxidation sites excluding steroid dienone is 1. The van der Waals surface area contributed by atoms with Gasteiger partial charge in [0, 0.05) is 17.8 Å². The van der Waals surface area contributed by atoms with Crippen molar-refractivity contribution < 1.29 is 14.7 Å². The molecule has 0 spiro atoms. The third-order valence-corrected chi connectivity index (χ3v) is 7.63. The zero-order valence-corrected chi connectivity index (χ0v) is 13.6. The Kier molecular flexibility index (Phi) is 3.01. The molecule has 22 heavy (non-hydrogen) atoms. The number of hydrogen-bond acceptors (Lipinski definition) is 3. The molecule has 0 aromatic carbocycles. The molecule has 120 valence electrons. The van der Waals surface area contributed by atoms with Crippen LogP contribution in [0.2, 0.25) is 0 Å². The minimum Gasteiger partial charge on any atom is -0.393 e. The number of aliphatic hydroxyl groups is 1. The second kappa shape index (κ2) is 4.53. The minimum absolute atomic E-state index is 0.0363. The van der Waals surface area contributed by atoms with Gasteiger partial charge in [0.15, 0.2) is 5.78 Å². The molecule has 0 bridgehead atoms. The predicted octanol–water partition coefficient (Wildman–Crippen LogP) is 3.06. The lowest BCUT2D eigenvalue weighted by Gasteiger charge is -2.55. The molecule has 0 amide bonds. The van der Waals surface area contributed by atoms with E-state index in [9.17, 15) is 14.7 Å². The van der Waals surface area contributed by atoms with Crippen LogP contribution in [0, 0.1) is 28.6 Å². The average Bonchev–Trinajstić information content (AvgIpc) is 2.77. The van der Waals surface area contributed by atoms with Crippen LogP contribution in [0.5, 0.6) is 0 Å². The van der Waals surface area contributed by atoms with Gasteiger partial charge >= 0.3 is 0 Å². The number of ketones is 2. The van der Waals surface area contributed by atoms with Crippen LogP contribution in [-0.4, -0.2) is 22.8 Å². The second-order valence-electron chi connectivity index (χ2n) is 8.54. The maximum atomic E-state index is 12.9. The van der Waals surface area contributed by atoms with Gasteiger partial charge in [0.1, 0.15) is 5.78 Å².